The summed E-state index contributed by atoms with van der Waals surface area (Å²) in [5, 5.41) is 3.75. The molecule has 0 amide bonds. The van der Waals surface area contributed by atoms with Crippen molar-refractivity contribution in [3.8, 4) is 0 Å². The van der Waals surface area contributed by atoms with Gasteiger partial charge in [-0.25, -0.2) is 12.8 Å². The van der Waals surface area contributed by atoms with Crippen molar-refractivity contribution in [3.63, 3.8) is 0 Å². The molecule has 0 unspecified atom stereocenters. The van der Waals surface area contributed by atoms with E-state index < -0.39 is 15.8 Å². The minimum absolute atomic E-state index is 0.0547. The fourth-order valence-electron chi connectivity index (χ4n) is 1.76. The van der Waals surface area contributed by atoms with E-state index in [-0.39, 0.29) is 17.0 Å². The highest BCUT2D eigenvalue weighted by atomic mass is 32.2. The zero-order valence-corrected chi connectivity index (χ0v) is 12.2. The molecule has 108 valence electrons. The van der Waals surface area contributed by atoms with E-state index in [9.17, 15) is 12.8 Å². The standard InChI is InChI=1S/C13H15FN2O3S/c1-9-6-12(4-5-13(9)14)20(17,18)16(3)8-11-7-10(2)19-15-11/h4-7H,8H2,1-3H3. The van der Waals surface area contributed by atoms with E-state index in [2.05, 4.69) is 5.16 Å². The molecule has 0 aliphatic carbocycles. The lowest BCUT2D eigenvalue weighted by Gasteiger charge is -2.16. The monoisotopic (exact) mass is 298 g/mol. The number of sulfonamides is 1. The Balaban J connectivity index is 2.27. The highest BCUT2D eigenvalue weighted by molar-refractivity contribution is 7.89. The summed E-state index contributed by atoms with van der Waals surface area (Å²) in [4.78, 5) is 0.0547. The molecule has 2 aromatic rings. The molecule has 0 atom stereocenters. The predicted octanol–water partition coefficient (Wildman–Crippen LogP) is 2.25. The Labute approximate surface area is 117 Å². The number of halogens is 1. The molecule has 20 heavy (non-hydrogen) atoms. The van der Waals surface area contributed by atoms with Crippen molar-refractivity contribution in [1.29, 1.82) is 0 Å². The van der Waals surface area contributed by atoms with Gasteiger partial charge in [0, 0.05) is 13.1 Å². The van der Waals surface area contributed by atoms with Crippen molar-refractivity contribution >= 4 is 10.0 Å². The summed E-state index contributed by atoms with van der Waals surface area (Å²) in [6.45, 7) is 3.35. The average Bonchev–Trinajstić information content (AvgIpc) is 2.78. The van der Waals surface area contributed by atoms with Crippen LogP contribution in [0.3, 0.4) is 0 Å². The lowest BCUT2D eigenvalue weighted by molar-refractivity contribution is 0.378. The van der Waals surface area contributed by atoms with E-state index in [1.54, 1.807) is 13.0 Å². The second-order valence-electron chi connectivity index (χ2n) is 4.60. The third kappa shape index (κ3) is 2.88. The Morgan fingerprint density at radius 3 is 2.55 bits per heavy atom. The summed E-state index contributed by atoms with van der Waals surface area (Å²) in [5.74, 6) is 0.183. The highest BCUT2D eigenvalue weighted by Crippen LogP contribution is 2.19. The Morgan fingerprint density at radius 1 is 1.30 bits per heavy atom. The van der Waals surface area contributed by atoms with Gasteiger partial charge in [-0.05, 0) is 37.6 Å². The Bertz CT molecular complexity index is 725. The van der Waals surface area contributed by atoms with Crippen molar-refractivity contribution in [1.82, 2.24) is 9.46 Å². The molecule has 7 heteroatoms. The molecule has 0 spiro atoms. The van der Waals surface area contributed by atoms with Gasteiger partial charge >= 0.3 is 0 Å². The number of aromatic nitrogens is 1. The van der Waals surface area contributed by atoms with Gasteiger partial charge in [0.2, 0.25) is 10.0 Å². The van der Waals surface area contributed by atoms with Gasteiger partial charge in [-0.3, -0.25) is 0 Å². The summed E-state index contributed by atoms with van der Waals surface area (Å²) >= 11 is 0. The SMILES string of the molecule is Cc1cc(CN(C)S(=O)(=O)c2ccc(F)c(C)c2)no1. The average molecular weight is 298 g/mol. The summed E-state index contributed by atoms with van der Waals surface area (Å²) in [6.07, 6.45) is 0. The van der Waals surface area contributed by atoms with Crippen LogP contribution in [0.2, 0.25) is 0 Å². The molecule has 5 nitrogen and oxygen atoms in total. The number of benzene rings is 1. The summed E-state index contributed by atoms with van der Waals surface area (Å²) in [5.41, 5.74) is 0.809. The molecule has 0 saturated carbocycles. The van der Waals surface area contributed by atoms with E-state index in [0.29, 0.717) is 11.5 Å². The highest BCUT2D eigenvalue weighted by Gasteiger charge is 2.22. The summed E-state index contributed by atoms with van der Waals surface area (Å²) < 4.78 is 44.0. The molecule has 1 aromatic heterocycles. The lowest BCUT2D eigenvalue weighted by Crippen LogP contribution is -2.26. The van der Waals surface area contributed by atoms with Crippen LogP contribution in [0.4, 0.5) is 4.39 Å². The summed E-state index contributed by atoms with van der Waals surface area (Å²) in [7, 11) is -2.24. The second-order valence-corrected chi connectivity index (χ2v) is 6.65. The van der Waals surface area contributed by atoms with Crippen LogP contribution in [0.25, 0.3) is 0 Å². The lowest BCUT2D eigenvalue weighted by atomic mass is 10.2. The van der Waals surface area contributed by atoms with E-state index >= 15 is 0 Å². The van der Waals surface area contributed by atoms with Crippen LogP contribution in [0.15, 0.2) is 33.7 Å². The van der Waals surface area contributed by atoms with Crippen LogP contribution < -0.4 is 0 Å². The topological polar surface area (TPSA) is 63.4 Å². The fraction of sp³-hybridized carbons (Fsp3) is 0.308. The third-order valence-corrected chi connectivity index (χ3v) is 4.70. The van der Waals surface area contributed by atoms with Crippen molar-refractivity contribution < 1.29 is 17.3 Å². The minimum atomic E-state index is -3.68. The Hall–Kier alpha value is -1.73. The van der Waals surface area contributed by atoms with Gasteiger partial charge in [-0.15, -0.1) is 0 Å². The molecular formula is C13H15FN2O3S. The first-order valence-corrected chi connectivity index (χ1v) is 7.39. The molecule has 0 aliphatic heterocycles. The van der Waals surface area contributed by atoms with Crippen molar-refractivity contribution in [2.75, 3.05) is 7.05 Å². The quantitative estimate of drug-likeness (QED) is 0.868. The smallest absolute Gasteiger partial charge is 0.243 e. The van der Waals surface area contributed by atoms with Gasteiger partial charge in [-0.2, -0.15) is 4.31 Å². The molecule has 0 saturated heterocycles. The number of rotatable bonds is 4. The van der Waals surface area contributed by atoms with Crippen LogP contribution in [-0.2, 0) is 16.6 Å². The van der Waals surface area contributed by atoms with Gasteiger partial charge in [0.15, 0.2) is 0 Å². The maximum absolute atomic E-state index is 13.2. The Morgan fingerprint density at radius 2 is 2.00 bits per heavy atom. The predicted molar refractivity (Wildman–Crippen MR) is 71.0 cm³/mol. The van der Waals surface area contributed by atoms with Gasteiger partial charge in [0.05, 0.1) is 17.1 Å². The molecule has 1 heterocycles. The molecule has 1 aromatic carbocycles. The number of hydrogen-bond donors (Lipinski definition) is 0. The van der Waals surface area contributed by atoms with E-state index in [1.807, 2.05) is 0 Å². The third-order valence-electron chi connectivity index (χ3n) is 2.90. The zero-order chi connectivity index (χ0) is 14.9. The number of aryl methyl sites for hydroxylation is 2. The second kappa shape index (κ2) is 5.34. The van der Waals surface area contributed by atoms with Gasteiger partial charge in [0.1, 0.15) is 11.6 Å². The van der Waals surface area contributed by atoms with Gasteiger partial charge in [0.25, 0.3) is 0 Å². The minimum Gasteiger partial charge on any atom is -0.361 e. The first-order chi connectivity index (χ1) is 9.30. The Kier molecular flexibility index (Phi) is 3.92. The van der Waals surface area contributed by atoms with Crippen LogP contribution in [-0.4, -0.2) is 24.9 Å². The molecular weight excluding hydrogens is 283 g/mol. The molecule has 0 N–H and O–H groups in total. The normalized spacial score (nSPS) is 12.1. The van der Waals surface area contributed by atoms with E-state index in [4.69, 9.17) is 4.52 Å². The molecule has 2 rings (SSSR count). The van der Waals surface area contributed by atoms with Gasteiger partial charge < -0.3 is 4.52 Å². The van der Waals surface area contributed by atoms with Crippen molar-refractivity contribution in [2.45, 2.75) is 25.3 Å². The van der Waals surface area contributed by atoms with Crippen LogP contribution >= 0.6 is 0 Å². The first kappa shape index (κ1) is 14.7. The maximum atomic E-state index is 13.2. The van der Waals surface area contributed by atoms with Crippen molar-refractivity contribution in [2.24, 2.45) is 0 Å². The maximum Gasteiger partial charge on any atom is 0.243 e. The fourth-order valence-corrected chi connectivity index (χ4v) is 2.99. The van der Waals surface area contributed by atoms with Crippen molar-refractivity contribution in [3.05, 3.63) is 47.1 Å². The van der Waals surface area contributed by atoms with Crippen LogP contribution in [0.1, 0.15) is 17.0 Å². The molecule has 0 bridgehead atoms. The molecule has 0 radical (unpaired) electrons. The molecule has 0 aliphatic rings. The zero-order valence-electron chi connectivity index (χ0n) is 11.4. The first-order valence-electron chi connectivity index (χ1n) is 5.95. The van der Waals surface area contributed by atoms with Crippen LogP contribution in [0, 0.1) is 19.7 Å². The molecule has 0 fully saturated rings. The number of nitrogens with zero attached hydrogens (tertiary/aromatic N) is 2. The van der Waals surface area contributed by atoms with Gasteiger partial charge in [-0.1, -0.05) is 5.16 Å². The number of hydrogen-bond acceptors (Lipinski definition) is 4. The largest absolute Gasteiger partial charge is 0.361 e. The van der Waals surface area contributed by atoms with E-state index in [1.165, 1.54) is 26.1 Å². The van der Waals surface area contributed by atoms with Crippen LogP contribution in [0.5, 0.6) is 0 Å². The van der Waals surface area contributed by atoms with E-state index in [0.717, 1.165) is 10.4 Å². The summed E-state index contributed by atoms with van der Waals surface area (Å²) in [6, 6.07) is 5.38.